The summed E-state index contributed by atoms with van der Waals surface area (Å²) >= 11 is 0. The summed E-state index contributed by atoms with van der Waals surface area (Å²) in [5.74, 6) is 1.11. The van der Waals surface area contributed by atoms with Gasteiger partial charge in [-0.25, -0.2) is 0 Å². The van der Waals surface area contributed by atoms with Gasteiger partial charge in [0.1, 0.15) is 5.76 Å². The van der Waals surface area contributed by atoms with E-state index in [0.29, 0.717) is 0 Å². The van der Waals surface area contributed by atoms with Gasteiger partial charge < -0.3 is 14.6 Å². The zero-order chi connectivity index (χ0) is 14.4. The zero-order valence-corrected chi connectivity index (χ0v) is 13.2. The van der Waals surface area contributed by atoms with E-state index >= 15 is 0 Å². The van der Waals surface area contributed by atoms with Crippen molar-refractivity contribution in [2.24, 2.45) is 0 Å². The molecule has 0 saturated heterocycles. The molecule has 4 heteroatoms. The van der Waals surface area contributed by atoms with Crippen LogP contribution in [0, 0.1) is 0 Å². The van der Waals surface area contributed by atoms with E-state index in [2.05, 4.69) is 42.2 Å². The van der Waals surface area contributed by atoms with Gasteiger partial charge in [-0.05, 0) is 59.1 Å². The van der Waals surface area contributed by atoms with Gasteiger partial charge in [0.15, 0.2) is 0 Å². The van der Waals surface area contributed by atoms with Crippen LogP contribution in [0.1, 0.15) is 37.5 Å². The summed E-state index contributed by atoms with van der Waals surface area (Å²) in [5, 5.41) is 3.53. The van der Waals surface area contributed by atoms with Crippen molar-refractivity contribution >= 4 is 0 Å². The number of nitrogens with one attached hydrogen (secondary N) is 1. The van der Waals surface area contributed by atoms with Crippen molar-refractivity contribution in [3.05, 3.63) is 23.7 Å². The van der Waals surface area contributed by atoms with Crippen LogP contribution in [0.5, 0.6) is 0 Å². The van der Waals surface area contributed by atoms with Crippen molar-refractivity contribution in [2.45, 2.75) is 45.3 Å². The summed E-state index contributed by atoms with van der Waals surface area (Å²) in [7, 11) is 4.27. The Hall–Kier alpha value is -0.840. The van der Waals surface area contributed by atoms with Crippen molar-refractivity contribution in [1.29, 1.82) is 0 Å². The maximum atomic E-state index is 5.63. The second-order valence-electron chi connectivity index (χ2n) is 6.05. The minimum absolute atomic E-state index is 0.732. The number of rotatable bonds is 10. The lowest BCUT2D eigenvalue weighted by Crippen LogP contribution is -2.27. The number of furan rings is 1. The highest BCUT2D eigenvalue weighted by molar-refractivity contribution is 5.17. The first kappa shape index (κ1) is 15.5. The lowest BCUT2D eigenvalue weighted by molar-refractivity contribution is 0.257. The van der Waals surface area contributed by atoms with E-state index in [4.69, 9.17) is 4.42 Å². The van der Waals surface area contributed by atoms with Crippen LogP contribution in [0.3, 0.4) is 0 Å². The molecule has 1 heterocycles. The molecular weight excluding hydrogens is 250 g/mol. The SMILES string of the molecule is CCN(CCCN(C)C)Cc1ccoc1CNC1CC1. The smallest absolute Gasteiger partial charge is 0.122 e. The summed E-state index contributed by atoms with van der Waals surface area (Å²) in [6.07, 6.45) is 5.69. The van der Waals surface area contributed by atoms with Gasteiger partial charge in [0.05, 0.1) is 12.8 Å². The number of nitrogens with zero attached hydrogens (tertiary/aromatic N) is 2. The van der Waals surface area contributed by atoms with Crippen LogP contribution in [-0.2, 0) is 13.1 Å². The average molecular weight is 279 g/mol. The van der Waals surface area contributed by atoms with E-state index < -0.39 is 0 Å². The van der Waals surface area contributed by atoms with Crippen LogP contribution < -0.4 is 5.32 Å². The third-order valence-electron chi connectivity index (χ3n) is 3.89. The molecule has 20 heavy (non-hydrogen) atoms. The van der Waals surface area contributed by atoms with Crippen molar-refractivity contribution in [3.63, 3.8) is 0 Å². The molecule has 1 saturated carbocycles. The molecule has 0 atom stereocenters. The summed E-state index contributed by atoms with van der Waals surface area (Å²) < 4.78 is 5.63. The number of hydrogen-bond acceptors (Lipinski definition) is 4. The first-order chi connectivity index (χ1) is 9.69. The van der Waals surface area contributed by atoms with Gasteiger partial charge >= 0.3 is 0 Å². The Morgan fingerprint density at radius 2 is 2.10 bits per heavy atom. The van der Waals surface area contributed by atoms with E-state index in [9.17, 15) is 0 Å². The molecule has 1 fully saturated rings. The van der Waals surface area contributed by atoms with Crippen LogP contribution in [0.2, 0.25) is 0 Å². The van der Waals surface area contributed by atoms with Gasteiger partial charge in [0.25, 0.3) is 0 Å². The molecule has 0 unspecified atom stereocenters. The third kappa shape index (κ3) is 5.27. The van der Waals surface area contributed by atoms with Crippen molar-refractivity contribution in [3.8, 4) is 0 Å². The Balaban J connectivity index is 1.78. The molecule has 0 aromatic carbocycles. The summed E-state index contributed by atoms with van der Waals surface area (Å²) in [6, 6.07) is 2.86. The monoisotopic (exact) mass is 279 g/mol. The second kappa shape index (κ2) is 7.81. The molecule has 4 nitrogen and oxygen atoms in total. The molecular formula is C16H29N3O. The second-order valence-corrected chi connectivity index (χ2v) is 6.05. The van der Waals surface area contributed by atoms with E-state index in [1.54, 1.807) is 0 Å². The molecule has 0 radical (unpaired) electrons. The Labute approximate surface area is 123 Å². The summed E-state index contributed by atoms with van der Waals surface area (Å²) in [5.41, 5.74) is 1.34. The van der Waals surface area contributed by atoms with Crippen LogP contribution in [0.4, 0.5) is 0 Å². The molecule has 1 aromatic rings. The predicted octanol–water partition coefficient (Wildman–Crippen LogP) is 2.31. The lowest BCUT2D eigenvalue weighted by atomic mass is 10.2. The van der Waals surface area contributed by atoms with Crippen LogP contribution in [0.15, 0.2) is 16.7 Å². The van der Waals surface area contributed by atoms with Crippen LogP contribution in [0.25, 0.3) is 0 Å². The fraction of sp³-hybridized carbons (Fsp3) is 0.750. The molecule has 0 amide bonds. The van der Waals surface area contributed by atoms with Gasteiger partial charge in [-0.1, -0.05) is 6.92 Å². The van der Waals surface area contributed by atoms with Gasteiger partial charge in [0.2, 0.25) is 0 Å². The van der Waals surface area contributed by atoms with E-state index in [-0.39, 0.29) is 0 Å². The minimum Gasteiger partial charge on any atom is -0.468 e. The van der Waals surface area contributed by atoms with E-state index in [0.717, 1.165) is 44.5 Å². The van der Waals surface area contributed by atoms with Crippen molar-refractivity contribution in [1.82, 2.24) is 15.1 Å². The molecule has 1 aromatic heterocycles. The quantitative estimate of drug-likeness (QED) is 0.712. The normalized spacial score (nSPS) is 15.4. The summed E-state index contributed by atoms with van der Waals surface area (Å²) in [4.78, 5) is 4.74. The minimum atomic E-state index is 0.732. The predicted molar refractivity (Wildman–Crippen MR) is 82.7 cm³/mol. The Morgan fingerprint density at radius 1 is 1.30 bits per heavy atom. The molecule has 114 valence electrons. The van der Waals surface area contributed by atoms with Gasteiger partial charge in [-0.3, -0.25) is 4.90 Å². The Morgan fingerprint density at radius 3 is 2.75 bits per heavy atom. The van der Waals surface area contributed by atoms with Crippen LogP contribution in [-0.4, -0.2) is 49.6 Å². The Bertz CT molecular complexity index is 385. The standard InChI is InChI=1S/C16H29N3O/c1-4-19(10-5-9-18(2)3)13-14-8-11-20-16(14)12-17-15-6-7-15/h8,11,15,17H,4-7,9-10,12-13H2,1-3H3. The maximum Gasteiger partial charge on any atom is 0.122 e. The third-order valence-corrected chi connectivity index (χ3v) is 3.89. The largest absolute Gasteiger partial charge is 0.468 e. The first-order valence-electron chi connectivity index (χ1n) is 7.84. The molecule has 0 aliphatic heterocycles. The molecule has 0 spiro atoms. The molecule has 1 N–H and O–H groups in total. The van der Waals surface area contributed by atoms with Crippen molar-refractivity contribution < 1.29 is 4.42 Å². The van der Waals surface area contributed by atoms with Crippen LogP contribution >= 0.6 is 0 Å². The fourth-order valence-electron chi connectivity index (χ4n) is 2.39. The van der Waals surface area contributed by atoms with E-state index in [1.807, 2.05) is 6.26 Å². The first-order valence-corrected chi connectivity index (χ1v) is 7.84. The van der Waals surface area contributed by atoms with Gasteiger partial charge in [-0.15, -0.1) is 0 Å². The molecule has 0 bridgehead atoms. The molecule has 1 aliphatic carbocycles. The zero-order valence-electron chi connectivity index (χ0n) is 13.2. The molecule has 2 rings (SSSR count). The van der Waals surface area contributed by atoms with Crippen molar-refractivity contribution in [2.75, 3.05) is 33.7 Å². The fourth-order valence-corrected chi connectivity index (χ4v) is 2.39. The highest BCUT2D eigenvalue weighted by Crippen LogP contribution is 2.20. The Kier molecular flexibility index (Phi) is 6.07. The summed E-state index contributed by atoms with van der Waals surface area (Å²) in [6.45, 7) is 7.50. The average Bonchev–Trinajstić information content (AvgIpc) is 3.15. The highest BCUT2D eigenvalue weighted by Gasteiger charge is 2.21. The lowest BCUT2D eigenvalue weighted by Gasteiger charge is -2.21. The maximum absolute atomic E-state index is 5.63. The topological polar surface area (TPSA) is 31.6 Å². The highest BCUT2D eigenvalue weighted by atomic mass is 16.3. The van der Waals surface area contributed by atoms with E-state index in [1.165, 1.54) is 24.8 Å². The molecule has 1 aliphatic rings. The number of hydrogen-bond donors (Lipinski definition) is 1. The van der Waals surface area contributed by atoms with Gasteiger partial charge in [-0.2, -0.15) is 0 Å². The van der Waals surface area contributed by atoms with Gasteiger partial charge in [0, 0.05) is 18.2 Å².